The second kappa shape index (κ2) is 13.1. The van der Waals surface area contributed by atoms with Gasteiger partial charge in [-0.05, 0) is 53.1 Å². The molecular weight excluding hydrogens is 508 g/mol. The monoisotopic (exact) mass is 549 g/mol. The zero-order valence-corrected chi connectivity index (χ0v) is 24.6. The molecule has 5 aromatic rings. The van der Waals surface area contributed by atoms with E-state index in [0.717, 1.165) is 30.8 Å². The van der Waals surface area contributed by atoms with Crippen LogP contribution in [0.1, 0.15) is 67.0 Å². The van der Waals surface area contributed by atoms with Crippen LogP contribution in [0.5, 0.6) is 0 Å². The SMILES string of the molecule is CC(C)c1ccccc1Cn1cc[n+](Cc2ccc(COC(C)(C)OCc3ccc(Cn4ccnc4)cc3)cc2)c1. The fraction of sp³-hybridized carbons (Fsp3) is 0.314. The Morgan fingerprint density at radius 3 is 2.02 bits per heavy atom. The van der Waals surface area contributed by atoms with Crippen molar-refractivity contribution in [2.45, 2.75) is 72.2 Å². The Morgan fingerprint density at radius 1 is 0.756 bits per heavy atom. The van der Waals surface area contributed by atoms with Gasteiger partial charge in [-0.15, -0.1) is 0 Å². The van der Waals surface area contributed by atoms with Crippen LogP contribution in [0, 0.1) is 0 Å². The molecule has 5 rings (SSSR count). The van der Waals surface area contributed by atoms with Crippen molar-refractivity contribution in [2.24, 2.45) is 0 Å². The van der Waals surface area contributed by atoms with Gasteiger partial charge in [0.05, 0.1) is 19.5 Å². The van der Waals surface area contributed by atoms with E-state index in [1.54, 1.807) is 6.20 Å². The molecule has 2 heterocycles. The minimum Gasteiger partial charge on any atom is -0.346 e. The summed E-state index contributed by atoms with van der Waals surface area (Å²) in [6.45, 7) is 12.0. The Bertz CT molecular complexity index is 1500. The van der Waals surface area contributed by atoms with Crippen LogP contribution in [0.3, 0.4) is 0 Å². The molecule has 3 aromatic carbocycles. The van der Waals surface area contributed by atoms with Crippen molar-refractivity contribution in [3.05, 3.63) is 144 Å². The maximum atomic E-state index is 6.13. The normalized spacial score (nSPS) is 11.8. The average Bonchev–Trinajstić information content (AvgIpc) is 3.65. The van der Waals surface area contributed by atoms with Crippen LogP contribution in [0.4, 0.5) is 0 Å². The number of rotatable bonds is 13. The van der Waals surface area contributed by atoms with Crippen LogP contribution in [0.15, 0.2) is 110 Å². The van der Waals surface area contributed by atoms with E-state index in [2.05, 4.69) is 124 Å². The van der Waals surface area contributed by atoms with Gasteiger partial charge >= 0.3 is 0 Å². The highest BCUT2D eigenvalue weighted by atomic mass is 16.7. The van der Waals surface area contributed by atoms with Crippen molar-refractivity contribution in [2.75, 3.05) is 0 Å². The van der Waals surface area contributed by atoms with Crippen LogP contribution >= 0.6 is 0 Å². The zero-order valence-electron chi connectivity index (χ0n) is 24.6. The highest BCUT2D eigenvalue weighted by Gasteiger charge is 2.19. The highest BCUT2D eigenvalue weighted by molar-refractivity contribution is 5.30. The summed E-state index contributed by atoms with van der Waals surface area (Å²) >= 11 is 0. The Labute approximate surface area is 243 Å². The lowest BCUT2D eigenvalue weighted by atomic mass is 9.97. The quantitative estimate of drug-likeness (QED) is 0.121. The van der Waals surface area contributed by atoms with E-state index in [1.165, 1.54) is 22.3 Å². The molecule has 0 atom stereocenters. The largest absolute Gasteiger partial charge is 0.346 e. The molecule has 0 N–H and O–H groups in total. The molecule has 0 saturated carbocycles. The van der Waals surface area contributed by atoms with E-state index in [0.29, 0.717) is 19.1 Å². The summed E-state index contributed by atoms with van der Waals surface area (Å²) in [5.41, 5.74) is 7.52. The van der Waals surface area contributed by atoms with Crippen LogP contribution in [0.25, 0.3) is 0 Å². The lowest BCUT2D eigenvalue weighted by molar-refractivity contribution is -0.687. The standard InChI is InChI=1S/C35H41N4O2/c1-28(2)34-8-6-5-7-33(34)23-39-20-19-38(27-39)22-30-11-15-32(16-12-30)25-41-35(3,4)40-24-31-13-9-29(10-14-31)21-37-18-17-36-26-37/h5-20,26-28H,21-25H2,1-4H3/q+1. The number of ether oxygens (including phenoxy) is 2. The first-order valence-electron chi connectivity index (χ1n) is 14.3. The van der Waals surface area contributed by atoms with Gasteiger partial charge in [-0.25, -0.2) is 14.1 Å². The van der Waals surface area contributed by atoms with Gasteiger partial charge in [-0.3, -0.25) is 0 Å². The summed E-state index contributed by atoms with van der Waals surface area (Å²) in [6, 6.07) is 25.8. The summed E-state index contributed by atoms with van der Waals surface area (Å²) in [6.07, 6.45) is 12.1. The van der Waals surface area contributed by atoms with Crippen LogP contribution < -0.4 is 4.57 Å². The third-order valence-electron chi connectivity index (χ3n) is 7.28. The maximum absolute atomic E-state index is 6.13. The molecule has 0 unspecified atom stereocenters. The van der Waals surface area contributed by atoms with Gasteiger partial charge in [0.2, 0.25) is 6.33 Å². The number of hydrogen-bond donors (Lipinski definition) is 0. The number of aromatic nitrogens is 4. The third-order valence-corrected chi connectivity index (χ3v) is 7.28. The molecule has 0 amide bonds. The molecule has 0 aliphatic heterocycles. The number of benzene rings is 3. The molecule has 0 aliphatic carbocycles. The molecule has 0 saturated heterocycles. The Balaban J connectivity index is 1.08. The van der Waals surface area contributed by atoms with E-state index in [9.17, 15) is 0 Å². The molecule has 212 valence electrons. The number of nitrogens with zero attached hydrogens (tertiary/aromatic N) is 4. The summed E-state index contributed by atoms with van der Waals surface area (Å²) in [7, 11) is 0. The summed E-state index contributed by atoms with van der Waals surface area (Å²) in [5, 5.41) is 0. The van der Waals surface area contributed by atoms with Gasteiger partial charge in [0.1, 0.15) is 25.5 Å². The van der Waals surface area contributed by atoms with E-state index in [1.807, 2.05) is 26.4 Å². The Morgan fingerprint density at radius 2 is 1.39 bits per heavy atom. The van der Waals surface area contributed by atoms with Gasteiger partial charge < -0.3 is 14.0 Å². The van der Waals surface area contributed by atoms with Crippen molar-refractivity contribution in [1.29, 1.82) is 0 Å². The lowest BCUT2D eigenvalue weighted by Gasteiger charge is -2.26. The fourth-order valence-corrected chi connectivity index (χ4v) is 4.90. The lowest BCUT2D eigenvalue weighted by Crippen LogP contribution is -2.31. The Hall–Kier alpha value is -4.00. The Kier molecular flexibility index (Phi) is 9.12. The predicted molar refractivity (Wildman–Crippen MR) is 161 cm³/mol. The van der Waals surface area contributed by atoms with Crippen LogP contribution in [-0.2, 0) is 42.3 Å². The molecular formula is C35H41N4O2+. The second-order valence-electron chi connectivity index (χ2n) is 11.5. The van der Waals surface area contributed by atoms with Crippen molar-refractivity contribution in [1.82, 2.24) is 14.1 Å². The maximum Gasteiger partial charge on any atom is 0.244 e. The molecule has 0 radical (unpaired) electrons. The summed E-state index contributed by atoms with van der Waals surface area (Å²) < 4.78 is 18.8. The minimum absolute atomic E-state index is 0.496. The first-order valence-corrected chi connectivity index (χ1v) is 14.3. The highest BCUT2D eigenvalue weighted by Crippen LogP contribution is 2.20. The molecule has 0 bridgehead atoms. The van der Waals surface area contributed by atoms with E-state index < -0.39 is 5.79 Å². The van der Waals surface area contributed by atoms with Crippen LogP contribution in [-0.4, -0.2) is 19.9 Å². The van der Waals surface area contributed by atoms with Gasteiger partial charge in [0.25, 0.3) is 0 Å². The summed E-state index contributed by atoms with van der Waals surface area (Å²) in [4.78, 5) is 4.10. The van der Waals surface area contributed by atoms with Crippen molar-refractivity contribution in [3.8, 4) is 0 Å². The van der Waals surface area contributed by atoms with E-state index in [4.69, 9.17) is 9.47 Å². The molecule has 41 heavy (non-hydrogen) atoms. The van der Waals surface area contributed by atoms with Gasteiger partial charge in [-0.2, -0.15) is 0 Å². The summed E-state index contributed by atoms with van der Waals surface area (Å²) in [5.74, 6) is -0.175. The molecule has 6 nitrogen and oxygen atoms in total. The number of hydrogen-bond acceptors (Lipinski definition) is 3. The predicted octanol–water partition coefficient (Wildman–Crippen LogP) is 6.71. The smallest absolute Gasteiger partial charge is 0.244 e. The van der Waals surface area contributed by atoms with Crippen molar-refractivity contribution in [3.63, 3.8) is 0 Å². The van der Waals surface area contributed by atoms with Crippen molar-refractivity contribution < 1.29 is 14.0 Å². The third kappa shape index (κ3) is 8.26. The minimum atomic E-state index is -0.693. The van der Waals surface area contributed by atoms with Crippen LogP contribution in [0.2, 0.25) is 0 Å². The zero-order chi connectivity index (χ0) is 28.7. The number of imidazole rings is 2. The molecule has 0 spiro atoms. The average molecular weight is 550 g/mol. The van der Waals surface area contributed by atoms with Gasteiger partial charge in [0, 0.05) is 18.9 Å². The first-order chi connectivity index (χ1) is 19.8. The molecule has 6 heteroatoms. The van der Waals surface area contributed by atoms with Crippen molar-refractivity contribution >= 4 is 0 Å². The molecule has 0 fully saturated rings. The van der Waals surface area contributed by atoms with Gasteiger partial charge in [-0.1, -0.05) is 86.6 Å². The van der Waals surface area contributed by atoms with E-state index >= 15 is 0 Å². The van der Waals surface area contributed by atoms with Gasteiger partial charge in [0.15, 0.2) is 5.79 Å². The van der Waals surface area contributed by atoms with E-state index in [-0.39, 0.29) is 0 Å². The molecule has 2 aromatic heterocycles. The fourth-order valence-electron chi connectivity index (χ4n) is 4.90. The molecule has 0 aliphatic rings. The topological polar surface area (TPSA) is 45.1 Å². The second-order valence-corrected chi connectivity index (χ2v) is 11.5. The first kappa shape index (κ1) is 28.5.